The Morgan fingerprint density at radius 2 is 2.20 bits per heavy atom. The van der Waals surface area contributed by atoms with Gasteiger partial charge in [0.1, 0.15) is 0 Å². The topological polar surface area (TPSA) is 21.3 Å². The number of hydrogen-bond donors (Lipinski definition) is 1. The van der Waals surface area contributed by atoms with Crippen LogP contribution in [-0.2, 0) is 4.74 Å². The van der Waals surface area contributed by atoms with Gasteiger partial charge in [-0.2, -0.15) is 0 Å². The molecule has 1 saturated heterocycles. The van der Waals surface area contributed by atoms with Crippen LogP contribution in [0.5, 0.6) is 0 Å². The lowest BCUT2D eigenvalue weighted by Gasteiger charge is -2.22. The Morgan fingerprint density at radius 1 is 1.50 bits per heavy atom. The van der Waals surface area contributed by atoms with Gasteiger partial charge in [0.15, 0.2) is 0 Å². The molecule has 0 spiro atoms. The van der Waals surface area contributed by atoms with Crippen LogP contribution in [0.3, 0.4) is 0 Å². The van der Waals surface area contributed by atoms with Gasteiger partial charge in [0, 0.05) is 19.2 Å². The van der Waals surface area contributed by atoms with Gasteiger partial charge in [-0.1, -0.05) is 0 Å². The van der Waals surface area contributed by atoms with Gasteiger partial charge in [0.05, 0.1) is 5.60 Å². The third kappa shape index (κ3) is 2.27. The van der Waals surface area contributed by atoms with Crippen molar-refractivity contribution >= 4 is 0 Å². The van der Waals surface area contributed by atoms with Gasteiger partial charge < -0.3 is 10.1 Å². The average molecular weight is 143 g/mol. The molecule has 0 aromatic heterocycles. The van der Waals surface area contributed by atoms with Crippen LogP contribution >= 0.6 is 0 Å². The third-order valence-corrected chi connectivity index (χ3v) is 1.92. The van der Waals surface area contributed by atoms with Crippen LogP contribution in [0.4, 0.5) is 0 Å². The van der Waals surface area contributed by atoms with Crippen molar-refractivity contribution in [2.45, 2.75) is 38.8 Å². The maximum atomic E-state index is 5.60. The molecule has 0 aromatic carbocycles. The highest BCUT2D eigenvalue weighted by Gasteiger charge is 2.22. The van der Waals surface area contributed by atoms with Crippen LogP contribution in [0, 0.1) is 0 Å². The van der Waals surface area contributed by atoms with E-state index in [4.69, 9.17) is 4.74 Å². The van der Waals surface area contributed by atoms with E-state index in [-0.39, 0.29) is 5.60 Å². The van der Waals surface area contributed by atoms with Crippen LogP contribution in [0.1, 0.15) is 27.2 Å². The van der Waals surface area contributed by atoms with E-state index in [9.17, 15) is 0 Å². The molecule has 1 aliphatic rings. The minimum Gasteiger partial charge on any atom is -0.374 e. The lowest BCUT2D eigenvalue weighted by molar-refractivity contribution is -0.00383. The average Bonchev–Trinajstić information content (AvgIpc) is 1.94. The second-order valence-corrected chi connectivity index (χ2v) is 3.68. The zero-order valence-electron chi connectivity index (χ0n) is 7.11. The van der Waals surface area contributed by atoms with E-state index in [0.717, 1.165) is 19.6 Å². The molecule has 2 nitrogen and oxygen atoms in total. The van der Waals surface area contributed by atoms with E-state index >= 15 is 0 Å². The fraction of sp³-hybridized carbons (Fsp3) is 1.00. The summed E-state index contributed by atoms with van der Waals surface area (Å²) < 4.78 is 5.60. The van der Waals surface area contributed by atoms with Gasteiger partial charge in [-0.05, 0) is 27.2 Å². The summed E-state index contributed by atoms with van der Waals surface area (Å²) in [5.74, 6) is 0. The summed E-state index contributed by atoms with van der Waals surface area (Å²) in [6.07, 6.45) is 1.13. The molecule has 10 heavy (non-hydrogen) atoms. The van der Waals surface area contributed by atoms with Crippen molar-refractivity contribution in [2.24, 2.45) is 0 Å². The highest BCUT2D eigenvalue weighted by molar-refractivity contribution is 4.77. The number of nitrogens with one attached hydrogen (secondary N) is 1. The summed E-state index contributed by atoms with van der Waals surface area (Å²) in [5, 5.41) is 3.41. The van der Waals surface area contributed by atoms with Crippen LogP contribution < -0.4 is 5.32 Å². The van der Waals surface area contributed by atoms with Crippen molar-refractivity contribution in [1.29, 1.82) is 0 Å². The Hall–Kier alpha value is -0.0800. The Bertz CT molecular complexity index is 112. The fourth-order valence-electron chi connectivity index (χ4n) is 1.09. The zero-order valence-corrected chi connectivity index (χ0v) is 7.11. The van der Waals surface area contributed by atoms with Gasteiger partial charge in [-0.15, -0.1) is 0 Å². The van der Waals surface area contributed by atoms with Crippen molar-refractivity contribution in [3.8, 4) is 0 Å². The molecule has 1 aliphatic heterocycles. The molecule has 60 valence electrons. The number of ether oxygens (including phenoxy) is 1. The maximum Gasteiger partial charge on any atom is 0.0750 e. The zero-order chi connectivity index (χ0) is 7.61. The molecule has 1 unspecified atom stereocenters. The van der Waals surface area contributed by atoms with Crippen LogP contribution in [-0.4, -0.2) is 24.8 Å². The van der Waals surface area contributed by atoms with E-state index in [1.807, 2.05) is 0 Å². The molecular formula is C8H17NO. The molecule has 0 bridgehead atoms. The Balaban J connectivity index is 2.41. The minimum absolute atomic E-state index is 0.0325. The third-order valence-electron chi connectivity index (χ3n) is 1.92. The maximum absolute atomic E-state index is 5.60. The van der Waals surface area contributed by atoms with Gasteiger partial charge in [0.25, 0.3) is 0 Å². The lowest BCUT2D eigenvalue weighted by Crippen LogP contribution is -2.37. The second kappa shape index (κ2) is 2.89. The van der Waals surface area contributed by atoms with Crippen LogP contribution in [0.25, 0.3) is 0 Å². The largest absolute Gasteiger partial charge is 0.374 e. The molecule has 0 amide bonds. The van der Waals surface area contributed by atoms with Gasteiger partial charge in [0.2, 0.25) is 0 Å². The summed E-state index contributed by atoms with van der Waals surface area (Å²) in [4.78, 5) is 0. The predicted octanol–water partition coefficient (Wildman–Crippen LogP) is 1.16. The molecule has 1 rings (SSSR count). The van der Waals surface area contributed by atoms with E-state index in [1.165, 1.54) is 0 Å². The first-order chi connectivity index (χ1) is 4.60. The normalized spacial score (nSPS) is 33.3. The Labute approximate surface area is 63.0 Å². The number of hydrogen-bond acceptors (Lipinski definition) is 2. The first kappa shape index (κ1) is 8.02. The summed E-state index contributed by atoms with van der Waals surface area (Å²) in [7, 11) is 0. The second-order valence-electron chi connectivity index (χ2n) is 3.68. The summed E-state index contributed by atoms with van der Waals surface area (Å²) in [6.45, 7) is 8.30. The lowest BCUT2D eigenvalue weighted by atomic mass is 10.1. The van der Waals surface area contributed by atoms with Crippen molar-refractivity contribution in [1.82, 2.24) is 5.32 Å². The molecular weight excluding hydrogens is 126 g/mol. The molecule has 1 heterocycles. The first-order valence-corrected chi connectivity index (χ1v) is 3.97. The first-order valence-electron chi connectivity index (χ1n) is 3.97. The molecule has 0 aliphatic carbocycles. The fourth-order valence-corrected chi connectivity index (χ4v) is 1.09. The predicted molar refractivity (Wildman–Crippen MR) is 42.1 cm³/mol. The van der Waals surface area contributed by atoms with Gasteiger partial charge in [-0.25, -0.2) is 0 Å². The standard InChI is InChI=1S/C8H17NO/c1-7-4-5-10-8(2,3)6-9-7/h7,9H,4-6H2,1-3H3. The van der Waals surface area contributed by atoms with Gasteiger partial charge >= 0.3 is 0 Å². The molecule has 0 aromatic rings. The van der Waals surface area contributed by atoms with Crippen molar-refractivity contribution < 1.29 is 4.74 Å². The Kier molecular flexibility index (Phi) is 2.32. The molecule has 0 radical (unpaired) electrons. The van der Waals surface area contributed by atoms with E-state index in [0.29, 0.717) is 6.04 Å². The summed E-state index contributed by atoms with van der Waals surface area (Å²) in [5.41, 5.74) is 0.0325. The van der Waals surface area contributed by atoms with Crippen molar-refractivity contribution in [2.75, 3.05) is 13.2 Å². The minimum atomic E-state index is 0.0325. The van der Waals surface area contributed by atoms with Crippen molar-refractivity contribution in [3.05, 3.63) is 0 Å². The molecule has 0 saturated carbocycles. The molecule has 1 N–H and O–H groups in total. The van der Waals surface area contributed by atoms with E-state index in [1.54, 1.807) is 0 Å². The molecule has 2 heteroatoms. The van der Waals surface area contributed by atoms with Gasteiger partial charge in [-0.3, -0.25) is 0 Å². The Morgan fingerprint density at radius 3 is 2.90 bits per heavy atom. The SMILES string of the molecule is CC1CCOC(C)(C)CN1. The monoisotopic (exact) mass is 143 g/mol. The molecule has 1 atom stereocenters. The van der Waals surface area contributed by atoms with E-state index < -0.39 is 0 Å². The smallest absolute Gasteiger partial charge is 0.0750 e. The summed E-state index contributed by atoms with van der Waals surface area (Å²) >= 11 is 0. The van der Waals surface area contributed by atoms with Crippen molar-refractivity contribution in [3.63, 3.8) is 0 Å². The van der Waals surface area contributed by atoms with E-state index in [2.05, 4.69) is 26.1 Å². The van der Waals surface area contributed by atoms with Crippen LogP contribution in [0.2, 0.25) is 0 Å². The summed E-state index contributed by atoms with van der Waals surface area (Å²) in [6, 6.07) is 0.613. The molecule has 1 fully saturated rings. The highest BCUT2D eigenvalue weighted by Crippen LogP contribution is 2.12. The highest BCUT2D eigenvalue weighted by atomic mass is 16.5. The van der Waals surface area contributed by atoms with Crippen LogP contribution in [0.15, 0.2) is 0 Å². The quantitative estimate of drug-likeness (QED) is 0.549. The number of rotatable bonds is 0.